The van der Waals surface area contributed by atoms with E-state index in [4.69, 9.17) is 0 Å². The number of benzene rings is 1. The number of nitrogens with zero attached hydrogens (tertiary/aromatic N) is 3. The van der Waals surface area contributed by atoms with Crippen molar-refractivity contribution in [1.82, 2.24) is 20.0 Å². The molecule has 2 aliphatic rings. The first-order chi connectivity index (χ1) is 15.3. The van der Waals surface area contributed by atoms with E-state index >= 15 is 0 Å². The van der Waals surface area contributed by atoms with Crippen molar-refractivity contribution in [2.75, 3.05) is 40.3 Å². The van der Waals surface area contributed by atoms with Gasteiger partial charge in [-0.3, -0.25) is 14.5 Å². The number of amides is 4. The lowest BCUT2D eigenvalue weighted by molar-refractivity contribution is -0.134. The van der Waals surface area contributed by atoms with Gasteiger partial charge in [0.05, 0.1) is 0 Å². The number of carbonyl (C=O) groups excluding carboxylic acids is 3. The minimum atomic E-state index is -1.14. The Morgan fingerprint density at radius 2 is 2.00 bits per heavy atom. The van der Waals surface area contributed by atoms with E-state index in [0.717, 1.165) is 6.54 Å². The zero-order chi connectivity index (χ0) is 23.3. The Morgan fingerprint density at radius 3 is 2.62 bits per heavy atom. The molecule has 0 spiro atoms. The zero-order valence-electron chi connectivity index (χ0n) is 19.0. The number of hydrogen-bond acceptors (Lipinski definition) is 4. The van der Waals surface area contributed by atoms with E-state index in [9.17, 15) is 18.8 Å². The van der Waals surface area contributed by atoms with Crippen molar-refractivity contribution in [1.29, 1.82) is 0 Å². The fourth-order valence-electron chi connectivity index (χ4n) is 4.66. The summed E-state index contributed by atoms with van der Waals surface area (Å²) in [6, 6.07) is 5.75. The molecule has 0 bridgehead atoms. The van der Waals surface area contributed by atoms with Gasteiger partial charge in [-0.1, -0.05) is 18.1 Å². The molecule has 8 heteroatoms. The third-order valence-electron chi connectivity index (χ3n) is 6.27. The monoisotopic (exact) mass is 442 g/mol. The molecule has 32 heavy (non-hydrogen) atoms. The van der Waals surface area contributed by atoms with Crippen LogP contribution in [0.2, 0.25) is 0 Å². The van der Waals surface area contributed by atoms with Gasteiger partial charge in [-0.25, -0.2) is 9.18 Å². The third kappa shape index (κ3) is 5.10. The van der Waals surface area contributed by atoms with Crippen molar-refractivity contribution in [2.24, 2.45) is 5.92 Å². The summed E-state index contributed by atoms with van der Waals surface area (Å²) in [5, 5.41) is 2.98. The Labute approximate surface area is 188 Å². The molecule has 2 fully saturated rings. The van der Waals surface area contributed by atoms with Gasteiger partial charge in [0.25, 0.3) is 11.8 Å². The van der Waals surface area contributed by atoms with Gasteiger partial charge in [0.1, 0.15) is 11.4 Å². The van der Waals surface area contributed by atoms with Crippen LogP contribution >= 0.6 is 0 Å². The molecule has 2 saturated heterocycles. The lowest BCUT2D eigenvalue weighted by atomic mass is 9.74. The fraction of sp³-hybridized carbons (Fsp3) is 0.542. The Morgan fingerprint density at radius 1 is 1.28 bits per heavy atom. The number of halogens is 1. The average Bonchev–Trinajstić information content (AvgIpc) is 2.98. The van der Waals surface area contributed by atoms with Crippen molar-refractivity contribution in [3.63, 3.8) is 0 Å². The van der Waals surface area contributed by atoms with Crippen LogP contribution in [0.1, 0.15) is 31.7 Å². The third-order valence-corrected chi connectivity index (χ3v) is 6.27. The molecular formula is C24H31FN4O3. The molecule has 0 unspecified atom stereocenters. The summed E-state index contributed by atoms with van der Waals surface area (Å²) < 4.78 is 13.9. The summed E-state index contributed by atoms with van der Waals surface area (Å²) >= 11 is 0. The first-order valence-electron chi connectivity index (χ1n) is 11.0. The lowest BCUT2D eigenvalue weighted by Gasteiger charge is -2.40. The highest BCUT2D eigenvalue weighted by molar-refractivity contribution is 6.07. The van der Waals surface area contributed by atoms with Gasteiger partial charge in [0.2, 0.25) is 0 Å². The summed E-state index contributed by atoms with van der Waals surface area (Å²) in [4.78, 5) is 43.6. The normalized spacial score (nSPS) is 21.5. The van der Waals surface area contributed by atoms with Gasteiger partial charge in [-0.05, 0) is 76.4 Å². The van der Waals surface area contributed by atoms with Crippen molar-refractivity contribution >= 4 is 17.8 Å². The van der Waals surface area contributed by atoms with Crippen LogP contribution in [0.25, 0.3) is 0 Å². The fourth-order valence-corrected chi connectivity index (χ4v) is 4.66. The SMILES string of the molecule is CC#CC(=O)N1CCC([C@@]2(Cc3cccc(F)c3)NC(=O)N(CCCN(C)C)C2=O)CC1. The molecule has 1 aromatic carbocycles. The van der Waals surface area contributed by atoms with Crippen LogP contribution in [0.4, 0.5) is 9.18 Å². The van der Waals surface area contributed by atoms with Crippen molar-refractivity contribution < 1.29 is 18.8 Å². The quantitative estimate of drug-likeness (QED) is 0.517. The number of urea groups is 1. The molecular weight excluding hydrogens is 411 g/mol. The predicted molar refractivity (Wildman–Crippen MR) is 119 cm³/mol. The van der Waals surface area contributed by atoms with E-state index in [1.165, 1.54) is 17.0 Å². The van der Waals surface area contributed by atoms with E-state index in [0.29, 0.717) is 44.5 Å². The van der Waals surface area contributed by atoms with Gasteiger partial charge in [0, 0.05) is 26.1 Å². The molecule has 0 aliphatic carbocycles. The van der Waals surface area contributed by atoms with Gasteiger partial charge < -0.3 is 15.1 Å². The Hall–Kier alpha value is -2.92. The molecule has 3 rings (SSSR count). The number of likely N-dealkylation sites (tertiary alicyclic amines) is 1. The Balaban J connectivity index is 1.84. The molecule has 172 valence electrons. The number of carbonyl (C=O) groups is 3. The maximum atomic E-state index is 13.9. The predicted octanol–water partition coefficient (Wildman–Crippen LogP) is 1.87. The number of hydrogen-bond donors (Lipinski definition) is 1. The van der Waals surface area contributed by atoms with Crippen molar-refractivity contribution in [2.45, 2.75) is 38.1 Å². The summed E-state index contributed by atoms with van der Waals surface area (Å²) in [6.45, 7) is 3.64. The molecule has 1 N–H and O–H groups in total. The highest BCUT2D eigenvalue weighted by Crippen LogP contribution is 2.36. The maximum absolute atomic E-state index is 13.9. The highest BCUT2D eigenvalue weighted by atomic mass is 19.1. The van der Waals surface area contributed by atoms with Crippen LogP contribution in [0.15, 0.2) is 24.3 Å². The second-order valence-electron chi connectivity index (χ2n) is 8.76. The minimum Gasteiger partial charge on any atom is -0.332 e. The largest absolute Gasteiger partial charge is 0.332 e. The number of rotatable bonds is 7. The molecule has 1 atom stereocenters. The first kappa shape index (κ1) is 23.7. The van der Waals surface area contributed by atoms with E-state index in [1.54, 1.807) is 24.0 Å². The molecule has 0 aromatic heterocycles. The number of nitrogens with one attached hydrogen (secondary N) is 1. The number of imide groups is 1. The molecule has 2 aliphatic heterocycles. The minimum absolute atomic E-state index is 0.167. The van der Waals surface area contributed by atoms with Crippen LogP contribution in [0, 0.1) is 23.6 Å². The van der Waals surface area contributed by atoms with Crippen LogP contribution in [-0.2, 0) is 16.0 Å². The smallest absolute Gasteiger partial charge is 0.325 e. The van der Waals surface area contributed by atoms with Gasteiger partial charge in [0.15, 0.2) is 0 Å². The van der Waals surface area contributed by atoms with E-state index in [-0.39, 0.29) is 30.0 Å². The molecule has 1 aromatic rings. The van der Waals surface area contributed by atoms with Crippen molar-refractivity contribution in [3.8, 4) is 11.8 Å². The van der Waals surface area contributed by atoms with Crippen LogP contribution < -0.4 is 5.32 Å². The van der Waals surface area contributed by atoms with Gasteiger partial charge in [-0.15, -0.1) is 0 Å². The van der Waals surface area contributed by atoms with E-state index < -0.39 is 11.6 Å². The first-order valence-corrected chi connectivity index (χ1v) is 11.0. The van der Waals surface area contributed by atoms with Gasteiger partial charge in [-0.2, -0.15) is 0 Å². The summed E-state index contributed by atoms with van der Waals surface area (Å²) in [7, 11) is 3.89. The van der Waals surface area contributed by atoms with Crippen LogP contribution in [-0.4, -0.2) is 78.4 Å². The summed E-state index contributed by atoms with van der Waals surface area (Å²) in [5.74, 6) is 4.15. The highest BCUT2D eigenvalue weighted by Gasteiger charge is 2.55. The molecule has 0 radical (unpaired) electrons. The molecule has 7 nitrogen and oxygen atoms in total. The van der Waals surface area contributed by atoms with Crippen LogP contribution in [0.3, 0.4) is 0 Å². The average molecular weight is 443 g/mol. The molecule has 4 amide bonds. The topological polar surface area (TPSA) is 73.0 Å². The summed E-state index contributed by atoms with van der Waals surface area (Å²) in [5.41, 5.74) is -0.488. The molecule has 0 saturated carbocycles. The van der Waals surface area contributed by atoms with Crippen molar-refractivity contribution in [3.05, 3.63) is 35.6 Å². The second kappa shape index (κ2) is 10.1. The summed E-state index contributed by atoms with van der Waals surface area (Å²) in [6.07, 6.45) is 2.01. The Kier molecular flexibility index (Phi) is 7.52. The number of piperidine rings is 1. The Bertz CT molecular complexity index is 931. The molecule has 2 heterocycles. The van der Waals surface area contributed by atoms with Crippen LogP contribution in [0.5, 0.6) is 0 Å². The second-order valence-corrected chi connectivity index (χ2v) is 8.76. The standard InChI is InChI=1S/C24H31FN4O3/c1-4-7-21(30)28-14-10-19(11-15-28)24(17-18-8-5-9-20(25)16-18)22(31)29(23(32)26-24)13-6-12-27(2)3/h5,8-9,16,19H,6,10-15,17H2,1-3H3,(H,26,32)/t24-/m1/s1. The maximum Gasteiger partial charge on any atom is 0.325 e. The van der Waals surface area contributed by atoms with E-state index in [2.05, 4.69) is 17.2 Å². The lowest BCUT2D eigenvalue weighted by Crippen LogP contribution is -2.58. The zero-order valence-corrected chi connectivity index (χ0v) is 19.0. The van der Waals surface area contributed by atoms with Gasteiger partial charge >= 0.3 is 6.03 Å². The van der Waals surface area contributed by atoms with E-state index in [1.807, 2.05) is 19.0 Å².